The molecular weight excluding hydrogens is 445 g/mol. The second kappa shape index (κ2) is 13.0. The maximum atomic E-state index is 4.27. The van der Waals surface area contributed by atoms with Crippen molar-refractivity contribution >= 4 is 41.7 Å². The van der Waals surface area contributed by atoms with Crippen molar-refractivity contribution in [2.24, 2.45) is 4.99 Å². The Morgan fingerprint density at radius 1 is 1.16 bits per heavy atom. The van der Waals surface area contributed by atoms with E-state index in [0.717, 1.165) is 25.6 Å². The van der Waals surface area contributed by atoms with E-state index in [1.165, 1.54) is 29.7 Å². The van der Waals surface area contributed by atoms with Gasteiger partial charge in [-0.3, -0.25) is 4.99 Å². The van der Waals surface area contributed by atoms with E-state index in [0.29, 0.717) is 0 Å². The lowest BCUT2D eigenvalue weighted by Crippen LogP contribution is -2.37. The summed E-state index contributed by atoms with van der Waals surface area (Å²) in [6.07, 6.45) is 10.2. The molecule has 0 unspecified atom stereocenters. The third-order valence-corrected chi connectivity index (χ3v) is 4.40. The fourth-order valence-corrected chi connectivity index (χ4v) is 2.83. The fraction of sp³-hybridized carbons (Fsp3) is 0.444. The summed E-state index contributed by atoms with van der Waals surface area (Å²) in [7, 11) is 1.81. The normalized spacial score (nSPS) is 11.0. The van der Waals surface area contributed by atoms with Crippen LogP contribution in [0.5, 0.6) is 0 Å². The molecule has 1 heterocycles. The number of aromatic nitrogens is 2. The largest absolute Gasteiger partial charge is 0.356 e. The van der Waals surface area contributed by atoms with Gasteiger partial charge in [0.25, 0.3) is 0 Å². The van der Waals surface area contributed by atoms with E-state index in [1.54, 1.807) is 6.20 Å². The summed E-state index contributed by atoms with van der Waals surface area (Å²) in [4.78, 5) is 8.33. The first kappa shape index (κ1) is 21.8. The third kappa shape index (κ3) is 8.62. The molecule has 5 nitrogen and oxygen atoms in total. The number of guanidine groups is 1. The standard InChI is InChI=1S/C18H27N5S.HI/c1-19-18(21-9-3-4-12-24-2)22-13-16-5-7-17(8-6-16)14-23-11-10-20-15-23;/h5-8,10-11,15H,3-4,9,12-14H2,1-2H3,(H2,19,21,22);1H. The highest BCUT2D eigenvalue weighted by molar-refractivity contribution is 14.0. The molecule has 2 rings (SSSR count). The van der Waals surface area contributed by atoms with Gasteiger partial charge in [0, 0.05) is 39.1 Å². The van der Waals surface area contributed by atoms with Gasteiger partial charge in [0.15, 0.2) is 5.96 Å². The number of hydrogen-bond donors (Lipinski definition) is 2. The summed E-state index contributed by atoms with van der Waals surface area (Å²) in [5.74, 6) is 2.08. The van der Waals surface area contributed by atoms with Crippen LogP contribution in [0.15, 0.2) is 48.0 Å². The Morgan fingerprint density at radius 2 is 1.92 bits per heavy atom. The summed E-state index contributed by atoms with van der Waals surface area (Å²) in [6, 6.07) is 8.64. The summed E-state index contributed by atoms with van der Waals surface area (Å²) >= 11 is 1.90. The second-order valence-corrected chi connectivity index (χ2v) is 6.59. The zero-order valence-corrected chi connectivity index (χ0v) is 18.1. The van der Waals surface area contributed by atoms with Crippen molar-refractivity contribution in [3.8, 4) is 0 Å². The van der Waals surface area contributed by atoms with Gasteiger partial charge in [-0.15, -0.1) is 24.0 Å². The number of hydrogen-bond acceptors (Lipinski definition) is 3. The van der Waals surface area contributed by atoms with E-state index in [2.05, 4.69) is 55.7 Å². The minimum absolute atomic E-state index is 0. The maximum absolute atomic E-state index is 4.27. The number of unbranched alkanes of at least 4 members (excludes halogenated alkanes) is 1. The molecule has 0 atom stereocenters. The van der Waals surface area contributed by atoms with Crippen LogP contribution >= 0.6 is 35.7 Å². The first-order valence-electron chi connectivity index (χ1n) is 8.29. The molecule has 0 fully saturated rings. The summed E-state index contributed by atoms with van der Waals surface area (Å²) in [5.41, 5.74) is 2.52. The van der Waals surface area contributed by atoms with Crippen LogP contribution in [-0.2, 0) is 13.1 Å². The zero-order valence-electron chi connectivity index (χ0n) is 14.9. The van der Waals surface area contributed by atoms with Gasteiger partial charge in [0.1, 0.15) is 0 Å². The molecule has 0 aliphatic heterocycles. The molecule has 138 valence electrons. The monoisotopic (exact) mass is 473 g/mol. The van der Waals surface area contributed by atoms with Crippen molar-refractivity contribution in [2.45, 2.75) is 25.9 Å². The average molecular weight is 473 g/mol. The first-order chi connectivity index (χ1) is 11.8. The highest BCUT2D eigenvalue weighted by atomic mass is 127. The van der Waals surface area contributed by atoms with Crippen molar-refractivity contribution in [1.82, 2.24) is 20.2 Å². The SMILES string of the molecule is CN=C(NCCCCSC)NCc1ccc(Cn2ccnc2)cc1.I. The zero-order chi connectivity index (χ0) is 17.0. The number of nitrogens with one attached hydrogen (secondary N) is 2. The lowest BCUT2D eigenvalue weighted by Gasteiger charge is -2.12. The molecule has 0 radical (unpaired) electrons. The van der Waals surface area contributed by atoms with E-state index in [4.69, 9.17) is 0 Å². The third-order valence-electron chi connectivity index (χ3n) is 3.70. The molecule has 0 saturated heterocycles. The Hall–Kier alpha value is -1.22. The fourth-order valence-electron chi connectivity index (χ4n) is 2.34. The number of rotatable bonds is 9. The number of aliphatic imine (C=N–C) groups is 1. The van der Waals surface area contributed by atoms with E-state index in [-0.39, 0.29) is 24.0 Å². The molecule has 2 N–H and O–H groups in total. The number of imidazole rings is 1. The molecule has 0 amide bonds. The topological polar surface area (TPSA) is 54.2 Å². The van der Waals surface area contributed by atoms with Gasteiger partial charge in [-0.2, -0.15) is 11.8 Å². The van der Waals surface area contributed by atoms with Gasteiger partial charge in [0.2, 0.25) is 0 Å². The van der Waals surface area contributed by atoms with Crippen molar-refractivity contribution in [3.05, 3.63) is 54.1 Å². The van der Waals surface area contributed by atoms with E-state index in [1.807, 2.05) is 31.3 Å². The molecule has 0 aliphatic carbocycles. The summed E-state index contributed by atoms with van der Waals surface area (Å²) in [5, 5.41) is 6.72. The van der Waals surface area contributed by atoms with Crippen molar-refractivity contribution in [2.75, 3.05) is 25.6 Å². The van der Waals surface area contributed by atoms with Crippen LogP contribution in [0.4, 0.5) is 0 Å². The van der Waals surface area contributed by atoms with Gasteiger partial charge < -0.3 is 15.2 Å². The average Bonchev–Trinajstić information content (AvgIpc) is 3.12. The number of nitrogens with zero attached hydrogens (tertiary/aromatic N) is 3. The lowest BCUT2D eigenvalue weighted by molar-refractivity contribution is 0.732. The Bertz CT molecular complexity index is 598. The maximum Gasteiger partial charge on any atom is 0.191 e. The molecule has 2 aromatic rings. The van der Waals surface area contributed by atoms with Crippen molar-refractivity contribution in [3.63, 3.8) is 0 Å². The molecule has 0 spiro atoms. The predicted octanol–water partition coefficient (Wildman–Crippen LogP) is 3.36. The quantitative estimate of drug-likeness (QED) is 0.254. The minimum atomic E-state index is 0. The smallest absolute Gasteiger partial charge is 0.191 e. The van der Waals surface area contributed by atoms with E-state index >= 15 is 0 Å². The predicted molar refractivity (Wildman–Crippen MR) is 119 cm³/mol. The molecule has 7 heteroatoms. The van der Waals surface area contributed by atoms with Crippen LogP contribution in [0.25, 0.3) is 0 Å². The Morgan fingerprint density at radius 3 is 2.56 bits per heavy atom. The Kier molecular flexibility index (Phi) is 11.4. The molecule has 25 heavy (non-hydrogen) atoms. The van der Waals surface area contributed by atoms with Crippen molar-refractivity contribution < 1.29 is 0 Å². The van der Waals surface area contributed by atoms with E-state index in [9.17, 15) is 0 Å². The summed E-state index contributed by atoms with van der Waals surface area (Å²) in [6.45, 7) is 2.59. The molecule has 1 aromatic carbocycles. The lowest BCUT2D eigenvalue weighted by atomic mass is 10.1. The van der Waals surface area contributed by atoms with Gasteiger partial charge in [-0.25, -0.2) is 4.98 Å². The minimum Gasteiger partial charge on any atom is -0.356 e. The molecule has 0 aliphatic rings. The second-order valence-electron chi connectivity index (χ2n) is 5.60. The first-order valence-corrected chi connectivity index (χ1v) is 9.68. The van der Waals surface area contributed by atoms with E-state index < -0.39 is 0 Å². The molecule has 0 bridgehead atoms. The number of thioether (sulfide) groups is 1. The highest BCUT2D eigenvalue weighted by Gasteiger charge is 1.99. The highest BCUT2D eigenvalue weighted by Crippen LogP contribution is 2.06. The molecule has 0 saturated carbocycles. The molecule has 1 aromatic heterocycles. The van der Waals surface area contributed by atoms with Gasteiger partial charge in [-0.05, 0) is 36.0 Å². The van der Waals surface area contributed by atoms with Crippen LogP contribution in [0.2, 0.25) is 0 Å². The van der Waals surface area contributed by atoms with Gasteiger partial charge in [0.05, 0.1) is 6.33 Å². The molecular formula is C18H28IN5S. The van der Waals surface area contributed by atoms with Gasteiger partial charge >= 0.3 is 0 Å². The van der Waals surface area contributed by atoms with Crippen LogP contribution in [0.3, 0.4) is 0 Å². The van der Waals surface area contributed by atoms with Crippen LogP contribution < -0.4 is 10.6 Å². The number of halogens is 1. The Labute approximate surface area is 172 Å². The van der Waals surface area contributed by atoms with Crippen LogP contribution in [-0.4, -0.2) is 41.1 Å². The Balaban J connectivity index is 0.00000312. The van der Waals surface area contributed by atoms with Gasteiger partial charge in [-0.1, -0.05) is 24.3 Å². The summed E-state index contributed by atoms with van der Waals surface area (Å²) < 4.78 is 2.07. The number of benzene rings is 1. The van der Waals surface area contributed by atoms with Crippen LogP contribution in [0, 0.1) is 0 Å². The van der Waals surface area contributed by atoms with Crippen molar-refractivity contribution in [1.29, 1.82) is 0 Å². The van der Waals surface area contributed by atoms with Crippen LogP contribution in [0.1, 0.15) is 24.0 Å².